The minimum atomic E-state index is 0.376. The van der Waals surface area contributed by atoms with Crippen molar-refractivity contribution in [3.05, 3.63) is 53.1 Å². The van der Waals surface area contributed by atoms with Crippen molar-refractivity contribution < 1.29 is 4.74 Å². The molecule has 0 amide bonds. The predicted molar refractivity (Wildman–Crippen MR) is 79.3 cm³/mol. The van der Waals surface area contributed by atoms with Gasteiger partial charge in [-0.2, -0.15) is 5.26 Å². The minimum Gasteiger partial charge on any atom is -0.494 e. The Balaban J connectivity index is 2.04. The lowest BCUT2D eigenvalue weighted by molar-refractivity contribution is 0.419. The number of aromatic nitrogens is 3. The summed E-state index contributed by atoms with van der Waals surface area (Å²) < 4.78 is 7.15. The summed E-state index contributed by atoms with van der Waals surface area (Å²) in [7, 11) is 1.60. The third kappa shape index (κ3) is 2.41. The van der Waals surface area contributed by atoms with Crippen molar-refractivity contribution >= 4 is 22.6 Å². The normalized spacial score (nSPS) is 10.5. The maximum atomic E-state index is 8.79. The lowest BCUT2D eigenvalue weighted by Crippen LogP contribution is -2.02. The van der Waals surface area contributed by atoms with Crippen LogP contribution in [0.25, 0.3) is 11.0 Å². The van der Waals surface area contributed by atoms with Crippen LogP contribution in [0.15, 0.2) is 36.5 Å². The quantitative estimate of drug-likeness (QED) is 0.745. The van der Waals surface area contributed by atoms with Gasteiger partial charge in [0.25, 0.3) is 0 Å². The average molecular weight is 299 g/mol. The minimum absolute atomic E-state index is 0.376. The zero-order chi connectivity index (χ0) is 14.8. The summed E-state index contributed by atoms with van der Waals surface area (Å²) >= 11 is 6.22. The summed E-state index contributed by atoms with van der Waals surface area (Å²) in [5.41, 5.74) is 2.93. The first-order chi connectivity index (χ1) is 10.2. The average Bonchev–Trinajstić information content (AvgIpc) is 2.84. The van der Waals surface area contributed by atoms with Crippen LogP contribution in [-0.4, -0.2) is 21.6 Å². The van der Waals surface area contributed by atoms with Crippen LogP contribution in [0, 0.1) is 11.3 Å². The third-order valence-corrected chi connectivity index (χ3v) is 3.48. The summed E-state index contributed by atoms with van der Waals surface area (Å²) in [4.78, 5) is 8.59. The molecule has 2 heterocycles. The maximum Gasteiger partial charge on any atom is 0.204 e. The van der Waals surface area contributed by atoms with Crippen molar-refractivity contribution in [2.24, 2.45) is 0 Å². The highest BCUT2D eigenvalue weighted by atomic mass is 35.5. The molecule has 104 valence electrons. The number of imidazole rings is 1. The number of methoxy groups -OCH3 is 1. The van der Waals surface area contributed by atoms with Gasteiger partial charge >= 0.3 is 0 Å². The van der Waals surface area contributed by atoms with Gasteiger partial charge in [0.1, 0.15) is 17.3 Å². The number of benzene rings is 1. The Kier molecular flexibility index (Phi) is 3.46. The lowest BCUT2D eigenvalue weighted by atomic mass is 10.2. The molecule has 21 heavy (non-hydrogen) atoms. The fraction of sp³-hybridized carbons (Fsp3) is 0.133. The molecule has 0 saturated carbocycles. The van der Waals surface area contributed by atoms with Gasteiger partial charge in [-0.25, -0.2) is 4.98 Å². The highest BCUT2D eigenvalue weighted by molar-refractivity contribution is 6.29. The summed E-state index contributed by atoms with van der Waals surface area (Å²) in [5.74, 6) is 0.681. The second-order valence-corrected chi connectivity index (χ2v) is 4.78. The van der Waals surface area contributed by atoms with Gasteiger partial charge in [-0.15, -0.1) is 0 Å². The summed E-state index contributed by atoms with van der Waals surface area (Å²) in [6.45, 7) is 0.480. The Morgan fingerprint density at radius 2 is 2.19 bits per heavy atom. The number of para-hydroxylation sites is 1. The molecule has 0 aliphatic carbocycles. The van der Waals surface area contributed by atoms with E-state index in [2.05, 4.69) is 9.97 Å². The van der Waals surface area contributed by atoms with Gasteiger partial charge in [-0.05, 0) is 35.9 Å². The molecule has 0 spiro atoms. The number of nitrogens with zero attached hydrogens (tertiary/aromatic N) is 4. The van der Waals surface area contributed by atoms with Crippen molar-refractivity contribution in [1.29, 1.82) is 5.26 Å². The van der Waals surface area contributed by atoms with Crippen LogP contribution in [0.1, 0.15) is 11.3 Å². The largest absolute Gasteiger partial charge is 0.494 e. The van der Waals surface area contributed by atoms with E-state index in [0.29, 0.717) is 23.1 Å². The summed E-state index contributed by atoms with van der Waals surface area (Å²) in [6, 6.07) is 11.2. The molecule has 0 aliphatic heterocycles. The van der Waals surface area contributed by atoms with E-state index in [4.69, 9.17) is 21.6 Å². The van der Waals surface area contributed by atoms with Crippen molar-refractivity contribution in [1.82, 2.24) is 14.5 Å². The number of hydrogen-bond acceptors (Lipinski definition) is 4. The molecular formula is C15H11ClN4O. The molecule has 0 saturated heterocycles. The van der Waals surface area contributed by atoms with Crippen LogP contribution in [-0.2, 0) is 6.54 Å². The number of halogens is 1. The number of ether oxygens (including phenoxy) is 1. The smallest absolute Gasteiger partial charge is 0.204 e. The summed E-state index contributed by atoms with van der Waals surface area (Å²) in [6.07, 6.45) is 1.54. The molecule has 0 fully saturated rings. The van der Waals surface area contributed by atoms with Crippen molar-refractivity contribution in [2.45, 2.75) is 6.54 Å². The molecule has 0 bridgehead atoms. The van der Waals surface area contributed by atoms with Gasteiger partial charge in [-0.1, -0.05) is 6.07 Å². The Labute approximate surface area is 126 Å². The zero-order valence-corrected chi connectivity index (χ0v) is 12.0. The molecule has 6 heteroatoms. The molecule has 2 aromatic heterocycles. The lowest BCUT2D eigenvalue weighted by Gasteiger charge is -2.06. The van der Waals surface area contributed by atoms with Gasteiger partial charge in [0.15, 0.2) is 0 Å². The van der Waals surface area contributed by atoms with Gasteiger partial charge in [0.2, 0.25) is 5.28 Å². The zero-order valence-electron chi connectivity index (χ0n) is 11.2. The first kappa shape index (κ1) is 13.4. The van der Waals surface area contributed by atoms with E-state index in [1.54, 1.807) is 25.4 Å². The fourth-order valence-electron chi connectivity index (χ4n) is 2.15. The van der Waals surface area contributed by atoms with Crippen LogP contribution in [0.3, 0.4) is 0 Å². The van der Waals surface area contributed by atoms with Gasteiger partial charge in [0.05, 0.1) is 30.4 Å². The van der Waals surface area contributed by atoms with Crippen LogP contribution in [0.2, 0.25) is 5.28 Å². The van der Waals surface area contributed by atoms with Crippen LogP contribution >= 0.6 is 11.6 Å². The second-order valence-electron chi connectivity index (χ2n) is 4.44. The van der Waals surface area contributed by atoms with E-state index >= 15 is 0 Å². The van der Waals surface area contributed by atoms with Crippen molar-refractivity contribution in [2.75, 3.05) is 7.11 Å². The number of hydrogen-bond donors (Lipinski definition) is 0. The SMILES string of the molecule is COc1cccc2c1nc(Cl)n2Cc1ccc(C#N)cn1. The number of fused-ring (bicyclic) bond motifs is 1. The number of rotatable bonds is 3. The molecular weight excluding hydrogens is 288 g/mol. The number of nitriles is 1. The van der Waals surface area contributed by atoms with E-state index in [1.165, 1.54) is 0 Å². The summed E-state index contributed by atoms with van der Waals surface area (Å²) in [5, 5.41) is 9.16. The van der Waals surface area contributed by atoms with Gasteiger partial charge in [-0.3, -0.25) is 4.98 Å². The van der Waals surface area contributed by atoms with Crippen LogP contribution < -0.4 is 4.74 Å². The Morgan fingerprint density at radius 1 is 1.33 bits per heavy atom. The van der Waals surface area contributed by atoms with E-state index in [0.717, 1.165) is 16.7 Å². The fourth-order valence-corrected chi connectivity index (χ4v) is 2.39. The van der Waals surface area contributed by atoms with Crippen molar-refractivity contribution in [3.8, 4) is 11.8 Å². The molecule has 0 unspecified atom stereocenters. The van der Waals surface area contributed by atoms with Crippen molar-refractivity contribution in [3.63, 3.8) is 0 Å². The van der Waals surface area contributed by atoms with Gasteiger partial charge < -0.3 is 9.30 Å². The van der Waals surface area contributed by atoms with Gasteiger partial charge in [0, 0.05) is 6.20 Å². The molecule has 0 N–H and O–H groups in total. The molecule has 5 nitrogen and oxygen atoms in total. The maximum absolute atomic E-state index is 8.79. The van der Waals surface area contributed by atoms with E-state index < -0.39 is 0 Å². The Bertz CT molecular complexity index is 833. The monoisotopic (exact) mass is 298 g/mol. The Hall–Kier alpha value is -2.58. The molecule has 0 atom stereocenters. The Morgan fingerprint density at radius 3 is 2.86 bits per heavy atom. The van der Waals surface area contributed by atoms with Crippen LogP contribution in [0.5, 0.6) is 5.75 Å². The van der Waals surface area contributed by atoms with E-state index in [-0.39, 0.29) is 0 Å². The predicted octanol–water partition coefficient (Wildman–Crippen LogP) is 3.01. The molecule has 0 aliphatic rings. The first-order valence-electron chi connectivity index (χ1n) is 6.26. The standard InChI is InChI=1S/C15H11ClN4O/c1-21-13-4-2-3-12-14(13)19-15(16)20(12)9-11-6-5-10(7-17)8-18-11/h2-6,8H,9H2,1H3. The van der Waals surface area contributed by atoms with E-state index in [1.807, 2.05) is 28.8 Å². The third-order valence-electron chi connectivity index (χ3n) is 3.19. The highest BCUT2D eigenvalue weighted by Gasteiger charge is 2.13. The molecule has 1 aromatic carbocycles. The first-order valence-corrected chi connectivity index (χ1v) is 6.64. The molecule has 3 aromatic rings. The number of pyridine rings is 1. The molecule has 3 rings (SSSR count). The second kappa shape index (κ2) is 5.43. The topological polar surface area (TPSA) is 63.7 Å². The highest BCUT2D eigenvalue weighted by Crippen LogP contribution is 2.28. The molecule has 0 radical (unpaired) electrons. The van der Waals surface area contributed by atoms with E-state index in [9.17, 15) is 0 Å². The van der Waals surface area contributed by atoms with Crippen LogP contribution in [0.4, 0.5) is 0 Å².